The smallest absolute Gasteiger partial charge is 0.303 e. The minimum absolute atomic E-state index is 0. The van der Waals surface area contributed by atoms with Gasteiger partial charge in [-0.15, -0.1) is 26.2 Å². The van der Waals surface area contributed by atoms with Crippen LogP contribution in [-0.2, 0) is 11.2 Å². The molecule has 114 valence electrons. The zero-order valence-electron chi connectivity index (χ0n) is 12.4. The first kappa shape index (κ1) is 19.6. The van der Waals surface area contributed by atoms with E-state index < -0.39 is 5.97 Å². The van der Waals surface area contributed by atoms with Crippen LogP contribution in [0.4, 0.5) is 0 Å². The van der Waals surface area contributed by atoms with Crippen LogP contribution in [-0.4, -0.2) is 11.1 Å². The van der Waals surface area contributed by atoms with Crippen LogP contribution in [0.25, 0.3) is 0 Å². The fourth-order valence-corrected chi connectivity index (χ4v) is 2.60. The molecule has 0 aliphatic heterocycles. The Morgan fingerprint density at radius 1 is 1.05 bits per heavy atom. The minimum Gasteiger partial charge on any atom is -0.481 e. The third-order valence-corrected chi connectivity index (χ3v) is 4.40. The van der Waals surface area contributed by atoms with Gasteiger partial charge >= 0.3 is 5.97 Å². The van der Waals surface area contributed by atoms with Gasteiger partial charge in [-0.1, -0.05) is 31.4 Å². The Bertz CT molecular complexity index is 433. The molecule has 0 saturated heterocycles. The van der Waals surface area contributed by atoms with Gasteiger partial charge in [-0.3, -0.25) is 4.79 Å². The Labute approximate surface area is 135 Å². The fourth-order valence-electron chi connectivity index (χ4n) is 2.29. The highest BCUT2D eigenvalue weighted by Crippen LogP contribution is 2.16. The molecule has 1 rings (SSSR count). The van der Waals surface area contributed by atoms with E-state index >= 15 is 0 Å². The lowest BCUT2D eigenvalue weighted by atomic mass is 9.98. The van der Waals surface area contributed by atoms with Crippen molar-refractivity contribution in [3.63, 3.8) is 0 Å². The molecule has 20 heavy (non-hydrogen) atoms. The zero-order chi connectivity index (χ0) is 14.3. The summed E-state index contributed by atoms with van der Waals surface area (Å²) in [6.07, 6.45) is 6.84. The van der Waals surface area contributed by atoms with Gasteiger partial charge < -0.3 is 5.11 Å². The van der Waals surface area contributed by atoms with Crippen LogP contribution in [0.2, 0.25) is 0 Å². The molecule has 0 fully saturated rings. The summed E-state index contributed by atoms with van der Waals surface area (Å²) in [5.74, 6) is -0.677. The molecule has 0 radical (unpaired) electrons. The molecule has 0 bridgehead atoms. The normalized spacial score (nSPS) is 10.2. The van der Waals surface area contributed by atoms with E-state index in [4.69, 9.17) is 5.11 Å². The number of rotatable bonds is 8. The third kappa shape index (κ3) is 6.85. The fraction of sp³-hybridized carbons (Fsp3) is 0.562. The van der Waals surface area contributed by atoms with Gasteiger partial charge in [-0.2, -0.15) is 0 Å². The first-order valence-corrected chi connectivity index (χ1v) is 7.66. The molecule has 0 aliphatic rings. The topological polar surface area (TPSA) is 37.3 Å². The number of benzene rings is 1. The lowest BCUT2D eigenvalue weighted by molar-refractivity contribution is -0.137. The number of carbonyl (C=O) groups is 1. The second kappa shape index (κ2) is 10.3. The van der Waals surface area contributed by atoms with Crippen LogP contribution in [0, 0.1) is 13.8 Å². The van der Waals surface area contributed by atoms with Crippen molar-refractivity contribution >= 4 is 37.5 Å². The van der Waals surface area contributed by atoms with E-state index in [0.717, 1.165) is 25.7 Å². The van der Waals surface area contributed by atoms with Crippen molar-refractivity contribution in [1.29, 1.82) is 0 Å². The number of aryl methyl sites for hydroxylation is 1. The Hall–Kier alpha value is -0.400. The standard InChI is InChI=1S/C16H25O2P.BrH/c1-12-13(2)15(19)11-10-14(12)8-6-4-3-5-7-9-16(17)18;/h10-11H,3-9,19H2,1-2H3,(H,17,18);1H. The molecule has 4 heteroatoms. The van der Waals surface area contributed by atoms with Crippen molar-refractivity contribution < 1.29 is 9.90 Å². The monoisotopic (exact) mass is 360 g/mol. The third-order valence-electron chi connectivity index (χ3n) is 3.78. The van der Waals surface area contributed by atoms with E-state index in [1.807, 2.05) is 0 Å². The highest BCUT2D eigenvalue weighted by Gasteiger charge is 2.03. The summed E-state index contributed by atoms with van der Waals surface area (Å²) >= 11 is 0. The summed E-state index contributed by atoms with van der Waals surface area (Å²) in [6.45, 7) is 4.37. The minimum atomic E-state index is -0.677. The summed E-state index contributed by atoms with van der Waals surface area (Å²) < 4.78 is 0. The van der Waals surface area contributed by atoms with Crippen molar-refractivity contribution in [2.24, 2.45) is 0 Å². The maximum absolute atomic E-state index is 10.4. The molecule has 0 saturated carbocycles. The predicted molar refractivity (Wildman–Crippen MR) is 94.6 cm³/mol. The molecule has 2 nitrogen and oxygen atoms in total. The van der Waals surface area contributed by atoms with Gasteiger partial charge in [-0.25, -0.2) is 0 Å². The number of halogens is 1. The van der Waals surface area contributed by atoms with Crippen LogP contribution < -0.4 is 5.30 Å². The van der Waals surface area contributed by atoms with Crippen LogP contribution in [0.1, 0.15) is 55.2 Å². The van der Waals surface area contributed by atoms with E-state index in [9.17, 15) is 4.79 Å². The molecule has 0 spiro atoms. The Balaban J connectivity index is 0.00000361. The van der Waals surface area contributed by atoms with Gasteiger partial charge in [0.2, 0.25) is 0 Å². The highest BCUT2D eigenvalue weighted by atomic mass is 79.9. The molecule has 0 aliphatic carbocycles. The number of aliphatic carboxylic acids is 1. The van der Waals surface area contributed by atoms with E-state index in [1.165, 1.54) is 34.8 Å². The summed E-state index contributed by atoms with van der Waals surface area (Å²) in [5.41, 5.74) is 4.25. The average molecular weight is 361 g/mol. The van der Waals surface area contributed by atoms with Crippen molar-refractivity contribution in [2.45, 2.75) is 58.8 Å². The number of carboxylic acid groups (broad SMARTS) is 1. The molecular weight excluding hydrogens is 335 g/mol. The summed E-state index contributed by atoms with van der Waals surface area (Å²) in [7, 11) is 2.78. The number of hydrogen-bond donors (Lipinski definition) is 1. The maximum Gasteiger partial charge on any atom is 0.303 e. The van der Waals surface area contributed by atoms with E-state index in [0.29, 0.717) is 6.42 Å². The summed E-state index contributed by atoms with van der Waals surface area (Å²) in [4.78, 5) is 10.4. The second-order valence-electron chi connectivity index (χ2n) is 5.23. The number of unbranched alkanes of at least 4 members (excludes halogenated alkanes) is 4. The van der Waals surface area contributed by atoms with Gasteiger partial charge in [0.25, 0.3) is 0 Å². The zero-order valence-corrected chi connectivity index (χ0v) is 15.3. The SMILES string of the molecule is Br.Cc1c(P)ccc(CCCCCCCC(=O)O)c1C. The Kier molecular flexibility index (Phi) is 10.1. The molecule has 1 N–H and O–H groups in total. The summed E-state index contributed by atoms with van der Waals surface area (Å²) in [5, 5.41) is 9.83. The van der Waals surface area contributed by atoms with Gasteiger partial charge in [0, 0.05) is 6.42 Å². The molecule has 0 amide bonds. The molecule has 1 unspecified atom stereocenters. The largest absolute Gasteiger partial charge is 0.481 e. The summed E-state index contributed by atoms with van der Waals surface area (Å²) in [6, 6.07) is 4.41. The predicted octanol–water partition coefficient (Wildman–Crippen LogP) is 4.35. The van der Waals surface area contributed by atoms with Gasteiger partial charge in [0.05, 0.1) is 0 Å². The maximum atomic E-state index is 10.4. The number of carboxylic acids is 1. The van der Waals surface area contributed by atoms with E-state index in [2.05, 4.69) is 35.2 Å². The van der Waals surface area contributed by atoms with E-state index in [-0.39, 0.29) is 17.0 Å². The molecule has 0 heterocycles. The molecular formula is C16H26BrO2P. The second-order valence-corrected chi connectivity index (χ2v) is 5.85. The average Bonchev–Trinajstić information content (AvgIpc) is 2.37. The first-order valence-electron chi connectivity index (χ1n) is 7.08. The Morgan fingerprint density at radius 2 is 1.65 bits per heavy atom. The molecule has 1 aromatic carbocycles. The van der Waals surface area contributed by atoms with E-state index in [1.54, 1.807) is 0 Å². The van der Waals surface area contributed by atoms with Crippen molar-refractivity contribution in [3.8, 4) is 0 Å². The quantitative estimate of drug-likeness (QED) is 0.552. The van der Waals surface area contributed by atoms with Crippen molar-refractivity contribution in [2.75, 3.05) is 0 Å². The van der Waals surface area contributed by atoms with Crippen molar-refractivity contribution in [1.82, 2.24) is 0 Å². The van der Waals surface area contributed by atoms with Crippen LogP contribution in [0.15, 0.2) is 12.1 Å². The highest BCUT2D eigenvalue weighted by molar-refractivity contribution is 8.93. The molecule has 1 aromatic rings. The first-order chi connectivity index (χ1) is 9.02. The Morgan fingerprint density at radius 3 is 2.30 bits per heavy atom. The van der Waals surface area contributed by atoms with Crippen LogP contribution in [0.3, 0.4) is 0 Å². The van der Waals surface area contributed by atoms with Gasteiger partial charge in [0.15, 0.2) is 0 Å². The molecule has 0 aromatic heterocycles. The lowest BCUT2D eigenvalue weighted by Gasteiger charge is -2.11. The van der Waals surface area contributed by atoms with Crippen molar-refractivity contribution in [3.05, 3.63) is 28.8 Å². The van der Waals surface area contributed by atoms with Gasteiger partial charge in [-0.05, 0) is 55.1 Å². The number of hydrogen-bond acceptors (Lipinski definition) is 1. The lowest BCUT2D eigenvalue weighted by Crippen LogP contribution is -2.03. The molecule has 1 atom stereocenters. The van der Waals surface area contributed by atoms with Crippen LogP contribution in [0.5, 0.6) is 0 Å². The van der Waals surface area contributed by atoms with Gasteiger partial charge in [0.1, 0.15) is 0 Å². The van der Waals surface area contributed by atoms with Crippen LogP contribution >= 0.6 is 26.2 Å².